The molecule has 0 fully saturated rings. The third kappa shape index (κ3) is 3.77. The maximum absolute atomic E-state index is 12.2. The SMILES string of the molecule is Cc1ccc(S(=O)(=O)OCC2COC(c3ccccc3Cl)=N2)cc1. The largest absolute Gasteiger partial charge is 0.475 e. The summed E-state index contributed by atoms with van der Waals surface area (Å²) in [5.74, 6) is 0.405. The summed E-state index contributed by atoms with van der Waals surface area (Å²) in [6, 6.07) is 13.3. The van der Waals surface area contributed by atoms with Gasteiger partial charge in [0.25, 0.3) is 10.1 Å². The first-order chi connectivity index (χ1) is 11.5. The highest BCUT2D eigenvalue weighted by Gasteiger charge is 2.24. The molecule has 3 rings (SSSR count). The van der Waals surface area contributed by atoms with Gasteiger partial charge in [0.15, 0.2) is 0 Å². The van der Waals surface area contributed by atoms with Gasteiger partial charge in [-0.1, -0.05) is 41.4 Å². The molecule has 1 aliphatic rings. The number of aryl methyl sites for hydroxylation is 1. The summed E-state index contributed by atoms with van der Waals surface area (Å²) in [4.78, 5) is 4.48. The Morgan fingerprint density at radius 3 is 2.62 bits per heavy atom. The van der Waals surface area contributed by atoms with Gasteiger partial charge in [0.05, 0.1) is 22.1 Å². The second kappa shape index (κ2) is 6.93. The quantitative estimate of drug-likeness (QED) is 0.763. The van der Waals surface area contributed by atoms with Crippen LogP contribution >= 0.6 is 11.6 Å². The first-order valence-corrected chi connectivity index (χ1v) is 9.16. The molecule has 0 aromatic heterocycles. The zero-order valence-corrected chi connectivity index (χ0v) is 14.5. The molecule has 7 heteroatoms. The maximum Gasteiger partial charge on any atom is 0.297 e. The Morgan fingerprint density at radius 2 is 1.92 bits per heavy atom. The van der Waals surface area contributed by atoms with E-state index in [4.69, 9.17) is 20.5 Å². The Kier molecular flexibility index (Phi) is 4.89. The zero-order chi connectivity index (χ0) is 17.2. The van der Waals surface area contributed by atoms with Gasteiger partial charge < -0.3 is 4.74 Å². The smallest absolute Gasteiger partial charge is 0.297 e. The molecule has 2 aromatic carbocycles. The fourth-order valence-electron chi connectivity index (χ4n) is 2.22. The molecule has 0 saturated heterocycles. The number of nitrogens with zero attached hydrogens (tertiary/aromatic N) is 1. The highest BCUT2D eigenvalue weighted by molar-refractivity contribution is 7.86. The lowest BCUT2D eigenvalue weighted by atomic mass is 10.2. The highest BCUT2D eigenvalue weighted by atomic mass is 35.5. The van der Waals surface area contributed by atoms with Crippen molar-refractivity contribution >= 4 is 27.6 Å². The number of halogens is 1. The predicted molar refractivity (Wildman–Crippen MR) is 92.0 cm³/mol. The van der Waals surface area contributed by atoms with Crippen LogP contribution in [0.1, 0.15) is 11.1 Å². The third-order valence-corrected chi connectivity index (χ3v) is 5.17. The standard InChI is InChI=1S/C17H16ClNO4S/c1-12-6-8-14(9-7-12)24(20,21)23-11-13-10-22-17(19-13)15-4-2-3-5-16(15)18/h2-9,13H,10-11H2,1H3. The highest BCUT2D eigenvalue weighted by Crippen LogP contribution is 2.21. The van der Waals surface area contributed by atoms with Crippen molar-refractivity contribution in [3.05, 3.63) is 64.7 Å². The van der Waals surface area contributed by atoms with E-state index in [0.29, 0.717) is 16.5 Å². The Bertz CT molecular complexity index is 862. The van der Waals surface area contributed by atoms with Crippen LogP contribution in [0.15, 0.2) is 58.4 Å². The molecule has 1 atom stereocenters. The van der Waals surface area contributed by atoms with Gasteiger partial charge in [0.2, 0.25) is 5.90 Å². The van der Waals surface area contributed by atoms with E-state index < -0.39 is 16.2 Å². The van der Waals surface area contributed by atoms with Crippen molar-refractivity contribution < 1.29 is 17.3 Å². The van der Waals surface area contributed by atoms with E-state index in [-0.39, 0.29) is 18.1 Å². The van der Waals surface area contributed by atoms with Crippen LogP contribution in [0.2, 0.25) is 5.02 Å². The van der Waals surface area contributed by atoms with E-state index in [9.17, 15) is 8.42 Å². The molecule has 5 nitrogen and oxygen atoms in total. The van der Waals surface area contributed by atoms with Crippen molar-refractivity contribution in [1.29, 1.82) is 0 Å². The van der Waals surface area contributed by atoms with Crippen molar-refractivity contribution in [3.63, 3.8) is 0 Å². The number of benzene rings is 2. The van der Waals surface area contributed by atoms with Crippen molar-refractivity contribution in [3.8, 4) is 0 Å². The number of hydrogen-bond donors (Lipinski definition) is 0. The van der Waals surface area contributed by atoms with E-state index in [1.807, 2.05) is 19.1 Å². The Balaban J connectivity index is 1.67. The molecule has 0 radical (unpaired) electrons. The number of hydrogen-bond acceptors (Lipinski definition) is 5. The van der Waals surface area contributed by atoms with Crippen LogP contribution in [0.25, 0.3) is 0 Å². The normalized spacial score (nSPS) is 17.4. The lowest BCUT2D eigenvalue weighted by Gasteiger charge is -2.07. The predicted octanol–water partition coefficient (Wildman–Crippen LogP) is 3.20. The van der Waals surface area contributed by atoms with Crippen molar-refractivity contribution in [2.24, 2.45) is 4.99 Å². The Hall–Kier alpha value is -1.89. The maximum atomic E-state index is 12.2. The first kappa shape index (κ1) is 17.0. The number of ether oxygens (including phenoxy) is 1. The lowest BCUT2D eigenvalue weighted by molar-refractivity contribution is 0.246. The second-order valence-corrected chi connectivity index (χ2v) is 7.45. The molecule has 1 aliphatic heterocycles. The van der Waals surface area contributed by atoms with Gasteiger partial charge in [0, 0.05) is 0 Å². The minimum atomic E-state index is -3.81. The van der Waals surface area contributed by atoms with Gasteiger partial charge in [-0.3, -0.25) is 4.18 Å². The van der Waals surface area contributed by atoms with Gasteiger partial charge in [-0.2, -0.15) is 8.42 Å². The van der Waals surface area contributed by atoms with E-state index in [1.54, 1.807) is 24.3 Å². The molecule has 1 unspecified atom stereocenters. The molecule has 0 N–H and O–H groups in total. The summed E-state index contributed by atoms with van der Waals surface area (Å²) in [5, 5.41) is 0.532. The average Bonchev–Trinajstić information content (AvgIpc) is 3.03. The van der Waals surface area contributed by atoms with Crippen LogP contribution in [0.3, 0.4) is 0 Å². The molecule has 1 heterocycles. The molecule has 0 amide bonds. The zero-order valence-electron chi connectivity index (χ0n) is 13.0. The minimum absolute atomic E-state index is 0.0792. The summed E-state index contributed by atoms with van der Waals surface area (Å²) < 4.78 is 35.0. The van der Waals surface area contributed by atoms with Gasteiger partial charge in [0.1, 0.15) is 12.6 Å². The number of aliphatic imine (C=N–C) groups is 1. The minimum Gasteiger partial charge on any atom is -0.475 e. The van der Waals surface area contributed by atoms with Crippen molar-refractivity contribution in [2.45, 2.75) is 17.9 Å². The van der Waals surface area contributed by atoms with Crippen molar-refractivity contribution in [1.82, 2.24) is 0 Å². The molecule has 0 saturated carbocycles. The molecule has 0 spiro atoms. The fourth-order valence-corrected chi connectivity index (χ4v) is 3.38. The molecule has 2 aromatic rings. The van der Waals surface area contributed by atoms with Crippen LogP contribution in [-0.4, -0.2) is 33.6 Å². The molecule has 0 aliphatic carbocycles. The van der Waals surface area contributed by atoms with Crippen LogP contribution in [0.5, 0.6) is 0 Å². The van der Waals surface area contributed by atoms with Crippen LogP contribution in [0.4, 0.5) is 0 Å². The Labute approximate surface area is 146 Å². The van der Waals surface area contributed by atoms with Crippen LogP contribution in [-0.2, 0) is 19.0 Å². The fraction of sp³-hybridized carbons (Fsp3) is 0.235. The van der Waals surface area contributed by atoms with Crippen molar-refractivity contribution in [2.75, 3.05) is 13.2 Å². The van der Waals surface area contributed by atoms with Gasteiger partial charge >= 0.3 is 0 Å². The van der Waals surface area contributed by atoms with Crippen LogP contribution in [0, 0.1) is 6.92 Å². The third-order valence-electron chi connectivity index (χ3n) is 3.54. The van der Waals surface area contributed by atoms with Crippen LogP contribution < -0.4 is 0 Å². The molecular formula is C17H16ClNO4S. The lowest BCUT2D eigenvalue weighted by Crippen LogP contribution is -2.18. The summed E-state index contributed by atoms with van der Waals surface area (Å²) >= 11 is 6.11. The first-order valence-electron chi connectivity index (χ1n) is 7.37. The summed E-state index contributed by atoms with van der Waals surface area (Å²) in [7, 11) is -3.81. The van der Waals surface area contributed by atoms with Gasteiger partial charge in [-0.25, -0.2) is 4.99 Å². The Morgan fingerprint density at radius 1 is 1.21 bits per heavy atom. The van der Waals surface area contributed by atoms with E-state index in [2.05, 4.69) is 4.99 Å². The molecule has 24 heavy (non-hydrogen) atoms. The molecular weight excluding hydrogens is 350 g/mol. The van der Waals surface area contributed by atoms with E-state index >= 15 is 0 Å². The average molecular weight is 366 g/mol. The number of rotatable bonds is 5. The summed E-state index contributed by atoms with van der Waals surface area (Å²) in [5.41, 5.74) is 1.66. The second-order valence-electron chi connectivity index (χ2n) is 5.43. The van der Waals surface area contributed by atoms with Gasteiger partial charge in [-0.15, -0.1) is 0 Å². The van der Waals surface area contributed by atoms with E-state index in [1.165, 1.54) is 12.1 Å². The van der Waals surface area contributed by atoms with Gasteiger partial charge in [-0.05, 0) is 31.2 Å². The summed E-state index contributed by atoms with van der Waals surface area (Å²) in [6.07, 6.45) is 0. The molecule has 0 bridgehead atoms. The summed E-state index contributed by atoms with van der Waals surface area (Å²) in [6.45, 7) is 2.06. The molecule has 126 valence electrons. The monoisotopic (exact) mass is 365 g/mol. The van der Waals surface area contributed by atoms with E-state index in [0.717, 1.165) is 5.56 Å². The topological polar surface area (TPSA) is 65.0 Å².